The van der Waals surface area contributed by atoms with E-state index in [1.807, 2.05) is 19.1 Å². The Kier molecular flexibility index (Phi) is 3.76. The summed E-state index contributed by atoms with van der Waals surface area (Å²) in [6, 6.07) is 3.99. The summed E-state index contributed by atoms with van der Waals surface area (Å²) in [4.78, 5) is 11.4. The fourth-order valence-electron chi connectivity index (χ4n) is 2.48. The first kappa shape index (κ1) is 14.2. The van der Waals surface area contributed by atoms with E-state index in [1.54, 1.807) is 7.05 Å². The van der Waals surface area contributed by atoms with Crippen molar-refractivity contribution in [1.29, 1.82) is 0 Å². The first-order valence-electron chi connectivity index (χ1n) is 7.09. The number of nitrogens with one attached hydrogen (secondary N) is 1. The number of aryl methyl sites for hydroxylation is 1. The maximum Gasteiger partial charge on any atom is 0.343 e. The van der Waals surface area contributed by atoms with Gasteiger partial charge in [-0.3, -0.25) is 4.57 Å². The van der Waals surface area contributed by atoms with Gasteiger partial charge in [-0.1, -0.05) is 18.0 Å². The van der Waals surface area contributed by atoms with E-state index in [-0.39, 0.29) is 12.3 Å². The summed E-state index contributed by atoms with van der Waals surface area (Å²) >= 11 is 6.24. The molecule has 0 aliphatic heterocycles. The number of hydrogen-bond donors (Lipinski definition) is 1. The van der Waals surface area contributed by atoms with E-state index in [0.29, 0.717) is 11.7 Å². The molecule has 1 fully saturated rings. The van der Waals surface area contributed by atoms with Gasteiger partial charge in [0.1, 0.15) is 12.4 Å². The molecule has 1 aliphatic rings. The van der Waals surface area contributed by atoms with E-state index in [9.17, 15) is 4.79 Å². The Balaban J connectivity index is 1.85. The lowest BCUT2D eigenvalue weighted by molar-refractivity contribution is 0.280. The van der Waals surface area contributed by atoms with E-state index in [2.05, 4.69) is 10.2 Å². The highest BCUT2D eigenvalue weighted by Crippen LogP contribution is 2.42. The molecule has 0 amide bonds. The van der Waals surface area contributed by atoms with Crippen molar-refractivity contribution in [3.63, 3.8) is 0 Å². The fraction of sp³-hybridized carbons (Fsp3) is 0.467. The lowest BCUT2D eigenvalue weighted by Gasteiger charge is -2.28. The van der Waals surface area contributed by atoms with Gasteiger partial charge in [-0.05, 0) is 48.9 Å². The van der Waals surface area contributed by atoms with Crippen molar-refractivity contribution in [1.82, 2.24) is 14.8 Å². The molecule has 112 valence electrons. The summed E-state index contributed by atoms with van der Waals surface area (Å²) in [7, 11) is 1.67. The highest BCUT2D eigenvalue weighted by molar-refractivity contribution is 6.31. The number of nitrogens with zero attached hydrogens (tertiary/aromatic N) is 2. The van der Waals surface area contributed by atoms with Crippen molar-refractivity contribution >= 4 is 11.6 Å². The van der Waals surface area contributed by atoms with Crippen molar-refractivity contribution in [3.8, 4) is 5.75 Å². The highest BCUT2D eigenvalue weighted by atomic mass is 35.5. The van der Waals surface area contributed by atoms with Crippen LogP contribution in [0, 0.1) is 6.92 Å². The summed E-state index contributed by atoms with van der Waals surface area (Å²) in [5.41, 5.74) is 1.92. The standard InChI is InChI=1S/C15H18ClN3O2/c1-9-6-13(11(7-12(9)16)10-4-3-5-10)21-8-14-17-18-15(20)19(14)2/h6-7,10H,3-5,8H2,1-2H3,(H,18,20). The lowest BCUT2D eigenvalue weighted by Crippen LogP contribution is -2.16. The van der Waals surface area contributed by atoms with Crippen molar-refractivity contribution in [2.45, 2.75) is 38.7 Å². The Morgan fingerprint density at radius 2 is 2.24 bits per heavy atom. The van der Waals surface area contributed by atoms with Gasteiger partial charge in [0.15, 0.2) is 5.82 Å². The number of aromatic amines is 1. The van der Waals surface area contributed by atoms with Gasteiger partial charge in [0.2, 0.25) is 0 Å². The van der Waals surface area contributed by atoms with Crippen molar-refractivity contribution in [2.24, 2.45) is 7.05 Å². The van der Waals surface area contributed by atoms with Crippen LogP contribution in [0.2, 0.25) is 5.02 Å². The number of aromatic nitrogens is 3. The third kappa shape index (κ3) is 2.70. The zero-order valence-corrected chi connectivity index (χ0v) is 12.9. The summed E-state index contributed by atoms with van der Waals surface area (Å²) in [6.07, 6.45) is 3.61. The van der Waals surface area contributed by atoms with Crippen molar-refractivity contribution < 1.29 is 4.74 Å². The molecule has 3 rings (SSSR count). The van der Waals surface area contributed by atoms with E-state index in [4.69, 9.17) is 16.3 Å². The van der Waals surface area contributed by atoms with Gasteiger partial charge >= 0.3 is 5.69 Å². The van der Waals surface area contributed by atoms with Crippen LogP contribution in [-0.4, -0.2) is 14.8 Å². The Morgan fingerprint density at radius 1 is 1.48 bits per heavy atom. The third-order valence-electron chi connectivity index (χ3n) is 4.17. The van der Waals surface area contributed by atoms with Gasteiger partial charge < -0.3 is 4.74 Å². The summed E-state index contributed by atoms with van der Waals surface area (Å²) in [6.45, 7) is 2.22. The molecule has 1 aromatic heterocycles. The smallest absolute Gasteiger partial charge is 0.343 e. The van der Waals surface area contributed by atoms with Crippen LogP contribution in [0.1, 0.15) is 42.1 Å². The summed E-state index contributed by atoms with van der Waals surface area (Å²) in [5.74, 6) is 1.95. The molecule has 0 bridgehead atoms. The maximum absolute atomic E-state index is 11.4. The molecule has 6 heteroatoms. The molecule has 0 saturated heterocycles. The number of halogens is 1. The minimum atomic E-state index is -0.236. The van der Waals surface area contributed by atoms with E-state index >= 15 is 0 Å². The number of ether oxygens (including phenoxy) is 1. The molecule has 1 aromatic carbocycles. The molecule has 21 heavy (non-hydrogen) atoms. The average molecular weight is 308 g/mol. The van der Waals surface area contributed by atoms with Crippen LogP contribution < -0.4 is 10.4 Å². The van der Waals surface area contributed by atoms with Gasteiger partial charge in [0, 0.05) is 12.1 Å². The Hall–Kier alpha value is -1.75. The molecule has 0 atom stereocenters. The Labute approximate surface area is 127 Å². The second-order valence-corrected chi connectivity index (χ2v) is 5.97. The number of hydrogen-bond acceptors (Lipinski definition) is 3. The van der Waals surface area contributed by atoms with Crippen LogP contribution in [-0.2, 0) is 13.7 Å². The average Bonchev–Trinajstić information content (AvgIpc) is 2.70. The van der Waals surface area contributed by atoms with Gasteiger partial charge in [0.25, 0.3) is 0 Å². The quantitative estimate of drug-likeness (QED) is 0.944. The Morgan fingerprint density at radius 3 is 2.81 bits per heavy atom. The number of H-pyrrole nitrogens is 1. The normalized spacial score (nSPS) is 15.0. The first-order valence-corrected chi connectivity index (χ1v) is 7.47. The largest absolute Gasteiger partial charge is 0.485 e. The molecular formula is C15H18ClN3O2. The molecule has 1 saturated carbocycles. The molecule has 1 heterocycles. The molecule has 0 unspecified atom stereocenters. The lowest BCUT2D eigenvalue weighted by atomic mass is 9.79. The molecule has 1 N–H and O–H groups in total. The van der Waals surface area contributed by atoms with E-state index in [1.165, 1.54) is 23.8 Å². The third-order valence-corrected chi connectivity index (χ3v) is 4.57. The van der Waals surface area contributed by atoms with Crippen LogP contribution in [0.3, 0.4) is 0 Å². The second-order valence-electron chi connectivity index (χ2n) is 5.56. The predicted octanol–water partition coefficient (Wildman–Crippen LogP) is 2.92. The van der Waals surface area contributed by atoms with Gasteiger partial charge in [-0.15, -0.1) is 0 Å². The summed E-state index contributed by atoms with van der Waals surface area (Å²) in [5, 5.41) is 7.14. The first-order chi connectivity index (χ1) is 10.1. The van der Waals surface area contributed by atoms with E-state index < -0.39 is 0 Å². The molecule has 1 aliphatic carbocycles. The zero-order valence-electron chi connectivity index (χ0n) is 12.1. The van der Waals surface area contributed by atoms with Crippen LogP contribution in [0.5, 0.6) is 5.75 Å². The monoisotopic (exact) mass is 307 g/mol. The van der Waals surface area contributed by atoms with Crippen molar-refractivity contribution in [3.05, 3.63) is 44.6 Å². The molecular weight excluding hydrogens is 290 g/mol. The Bertz CT molecular complexity index is 716. The van der Waals surface area contributed by atoms with Crippen LogP contribution in [0.15, 0.2) is 16.9 Å². The molecule has 0 spiro atoms. The second kappa shape index (κ2) is 5.56. The molecule has 5 nitrogen and oxygen atoms in total. The van der Waals surface area contributed by atoms with Gasteiger partial charge in [-0.2, -0.15) is 5.10 Å². The topological polar surface area (TPSA) is 59.9 Å². The van der Waals surface area contributed by atoms with Crippen LogP contribution >= 0.6 is 11.6 Å². The maximum atomic E-state index is 11.4. The predicted molar refractivity (Wildman–Crippen MR) is 80.9 cm³/mol. The van der Waals surface area contributed by atoms with Gasteiger partial charge in [-0.25, -0.2) is 9.89 Å². The fourth-order valence-corrected chi connectivity index (χ4v) is 2.66. The van der Waals surface area contributed by atoms with E-state index in [0.717, 1.165) is 21.9 Å². The molecule has 0 radical (unpaired) electrons. The zero-order chi connectivity index (χ0) is 15.0. The number of rotatable bonds is 4. The minimum absolute atomic E-state index is 0.236. The SMILES string of the molecule is Cc1cc(OCc2n[nH]c(=O)n2C)c(C2CCC2)cc1Cl. The number of benzene rings is 1. The summed E-state index contributed by atoms with van der Waals surface area (Å²) < 4.78 is 7.36. The minimum Gasteiger partial charge on any atom is -0.485 e. The van der Waals surface area contributed by atoms with Crippen LogP contribution in [0.25, 0.3) is 0 Å². The van der Waals surface area contributed by atoms with Crippen LogP contribution in [0.4, 0.5) is 0 Å². The molecule has 2 aromatic rings. The highest BCUT2D eigenvalue weighted by Gasteiger charge is 2.24. The van der Waals surface area contributed by atoms with Crippen molar-refractivity contribution in [2.75, 3.05) is 0 Å². The van der Waals surface area contributed by atoms with Gasteiger partial charge in [0.05, 0.1) is 0 Å².